The van der Waals surface area contributed by atoms with Crippen LogP contribution in [-0.4, -0.2) is 50.4 Å². The maximum atomic E-state index is 14.4. The van der Waals surface area contributed by atoms with E-state index < -0.39 is 5.82 Å². The number of H-pyrrole nitrogens is 1. The molecule has 4 heterocycles. The first-order chi connectivity index (χ1) is 15.7. The first kappa shape index (κ1) is 20.1. The van der Waals surface area contributed by atoms with Gasteiger partial charge in [-0.3, -0.25) is 4.79 Å². The van der Waals surface area contributed by atoms with Gasteiger partial charge in [0.25, 0.3) is 5.91 Å². The molecule has 1 aromatic carbocycles. The number of nitrogens with one attached hydrogen (secondary N) is 2. The molecule has 1 fully saturated rings. The standard InChI is InChI=1S/C24H23FN6O/c25-20-14-29-22(19-13-28-21-18(19)9-4-10-26-21)30-23(20)27-12-16-6-5-11-31(15-16)24(32)17-7-2-1-3-8-17/h1-4,7-10,13-14,16H,5-6,11-12,15H2,(H,26,28)(H,27,29,30). The number of aromatic nitrogens is 4. The number of hydrogen-bond acceptors (Lipinski definition) is 5. The highest BCUT2D eigenvalue weighted by atomic mass is 19.1. The number of piperidine rings is 1. The number of carbonyl (C=O) groups excluding carboxylic acids is 1. The number of rotatable bonds is 5. The average molecular weight is 430 g/mol. The van der Waals surface area contributed by atoms with E-state index in [-0.39, 0.29) is 17.6 Å². The van der Waals surface area contributed by atoms with Crippen molar-refractivity contribution in [2.24, 2.45) is 5.92 Å². The van der Waals surface area contributed by atoms with Crippen molar-refractivity contribution in [3.63, 3.8) is 0 Å². The summed E-state index contributed by atoms with van der Waals surface area (Å²) < 4.78 is 14.4. The fourth-order valence-corrected chi connectivity index (χ4v) is 4.18. The molecule has 1 aliphatic heterocycles. The molecule has 0 saturated carbocycles. The number of nitrogens with zero attached hydrogens (tertiary/aromatic N) is 4. The van der Waals surface area contributed by atoms with Crippen LogP contribution in [0, 0.1) is 11.7 Å². The summed E-state index contributed by atoms with van der Waals surface area (Å²) in [6.45, 7) is 1.90. The van der Waals surface area contributed by atoms with Crippen LogP contribution in [0.2, 0.25) is 0 Å². The third-order valence-electron chi connectivity index (χ3n) is 5.82. The molecule has 32 heavy (non-hydrogen) atoms. The van der Waals surface area contributed by atoms with Crippen LogP contribution in [0.4, 0.5) is 10.2 Å². The first-order valence-electron chi connectivity index (χ1n) is 10.7. The molecule has 1 unspecified atom stereocenters. The Bertz CT molecular complexity index is 1240. The van der Waals surface area contributed by atoms with Gasteiger partial charge >= 0.3 is 0 Å². The Morgan fingerprint density at radius 3 is 2.94 bits per heavy atom. The van der Waals surface area contributed by atoms with Crippen molar-refractivity contribution in [1.82, 2.24) is 24.8 Å². The van der Waals surface area contributed by atoms with E-state index in [1.54, 1.807) is 12.4 Å². The Hall–Kier alpha value is -3.81. The van der Waals surface area contributed by atoms with E-state index in [2.05, 4.69) is 25.3 Å². The summed E-state index contributed by atoms with van der Waals surface area (Å²) in [6.07, 6.45) is 6.57. The van der Waals surface area contributed by atoms with Gasteiger partial charge in [0.05, 0.1) is 6.20 Å². The predicted molar refractivity (Wildman–Crippen MR) is 121 cm³/mol. The van der Waals surface area contributed by atoms with Gasteiger partial charge in [0.1, 0.15) is 5.65 Å². The smallest absolute Gasteiger partial charge is 0.253 e. The topological polar surface area (TPSA) is 86.8 Å². The molecule has 7 nitrogen and oxygen atoms in total. The zero-order chi connectivity index (χ0) is 21.9. The Morgan fingerprint density at radius 2 is 2.06 bits per heavy atom. The molecule has 162 valence electrons. The summed E-state index contributed by atoms with van der Waals surface area (Å²) in [7, 11) is 0. The molecular formula is C24H23FN6O. The van der Waals surface area contributed by atoms with E-state index in [1.165, 1.54) is 6.20 Å². The van der Waals surface area contributed by atoms with E-state index in [1.807, 2.05) is 47.4 Å². The number of pyridine rings is 1. The van der Waals surface area contributed by atoms with Crippen LogP contribution in [0.25, 0.3) is 22.4 Å². The van der Waals surface area contributed by atoms with Crippen LogP contribution in [0.5, 0.6) is 0 Å². The van der Waals surface area contributed by atoms with Gasteiger partial charge in [0.2, 0.25) is 0 Å². The van der Waals surface area contributed by atoms with Crippen LogP contribution in [-0.2, 0) is 0 Å². The SMILES string of the molecule is O=C(c1ccccc1)N1CCCC(CNc2nc(-c3c[nH]c4ncccc34)ncc2F)C1. The fraction of sp³-hybridized carbons (Fsp3) is 0.250. The van der Waals surface area contributed by atoms with Gasteiger partial charge in [0, 0.05) is 48.5 Å². The molecule has 1 saturated heterocycles. The number of benzene rings is 1. The molecule has 8 heteroatoms. The molecule has 1 aliphatic rings. The summed E-state index contributed by atoms with van der Waals surface area (Å²) >= 11 is 0. The van der Waals surface area contributed by atoms with Gasteiger partial charge in [0.15, 0.2) is 17.5 Å². The molecule has 1 amide bonds. The minimum absolute atomic E-state index is 0.0405. The molecule has 5 rings (SSSR count). The van der Waals surface area contributed by atoms with Crippen LogP contribution < -0.4 is 5.32 Å². The molecular weight excluding hydrogens is 407 g/mol. The summed E-state index contributed by atoms with van der Waals surface area (Å²) in [5.74, 6) is 0.349. The lowest BCUT2D eigenvalue weighted by Gasteiger charge is -2.33. The number of amides is 1. The number of carbonyl (C=O) groups is 1. The predicted octanol–water partition coefficient (Wildman–Crippen LogP) is 4.12. The Balaban J connectivity index is 1.28. The third-order valence-corrected chi connectivity index (χ3v) is 5.82. The van der Waals surface area contributed by atoms with E-state index in [0.717, 1.165) is 36.0 Å². The Labute approximate surface area is 184 Å². The van der Waals surface area contributed by atoms with Crippen LogP contribution in [0.15, 0.2) is 61.1 Å². The monoisotopic (exact) mass is 430 g/mol. The number of aromatic amines is 1. The maximum Gasteiger partial charge on any atom is 0.253 e. The van der Waals surface area contributed by atoms with Crippen LogP contribution >= 0.6 is 0 Å². The quantitative estimate of drug-likeness (QED) is 0.497. The highest BCUT2D eigenvalue weighted by Gasteiger charge is 2.25. The van der Waals surface area contributed by atoms with E-state index >= 15 is 0 Å². The molecule has 4 aromatic rings. The second-order valence-electron chi connectivity index (χ2n) is 8.00. The first-order valence-corrected chi connectivity index (χ1v) is 10.7. The molecule has 2 N–H and O–H groups in total. The van der Waals surface area contributed by atoms with Gasteiger partial charge in [-0.05, 0) is 43.0 Å². The highest BCUT2D eigenvalue weighted by molar-refractivity contribution is 5.94. The lowest BCUT2D eigenvalue weighted by molar-refractivity contribution is 0.0680. The summed E-state index contributed by atoms with van der Waals surface area (Å²) in [5, 5.41) is 4.02. The molecule has 3 aromatic heterocycles. The number of fused-ring (bicyclic) bond motifs is 1. The number of halogens is 1. The molecule has 0 aliphatic carbocycles. The minimum Gasteiger partial charge on any atom is -0.367 e. The van der Waals surface area contributed by atoms with Gasteiger partial charge in [-0.25, -0.2) is 19.3 Å². The van der Waals surface area contributed by atoms with Gasteiger partial charge in [-0.1, -0.05) is 18.2 Å². The lowest BCUT2D eigenvalue weighted by Crippen LogP contribution is -2.41. The zero-order valence-electron chi connectivity index (χ0n) is 17.5. The summed E-state index contributed by atoms with van der Waals surface area (Å²) in [6, 6.07) is 13.1. The van der Waals surface area contributed by atoms with Crippen LogP contribution in [0.3, 0.4) is 0 Å². The largest absolute Gasteiger partial charge is 0.367 e. The van der Waals surface area contributed by atoms with Crippen molar-refractivity contribution in [3.05, 3.63) is 72.4 Å². The van der Waals surface area contributed by atoms with Crippen molar-refractivity contribution < 1.29 is 9.18 Å². The van der Waals surface area contributed by atoms with E-state index in [4.69, 9.17) is 0 Å². The fourth-order valence-electron chi connectivity index (χ4n) is 4.18. The maximum absolute atomic E-state index is 14.4. The number of hydrogen-bond donors (Lipinski definition) is 2. The molecule has 0 radical (unpaired) electrons. The van der Waals surface area contributed by atoms with Crippen LogP contribution in [0.1, 0.15) is 23.2 Å². The van der Waals surface area contributed by atoms with Crippen molar-refractivity contribution in [2.45, 2.75) is 12.8 Å². The van der Waals surface area contributed by atoms with Crippen molar-refractivity contribution in [3.8, 4) is 11.4 Å². The Kier molecular flexibility index (Phi) is 5.49. The van der Waals surface area contributed by atoms with Gasteiger partial charge < -0.3 is 15.2 Å². The average Bonchev–Trinajstić information content (AvgIpc) is 3.28. The summed E-state index contributed by atoms with van der Waals surface area (Å²) in [4.78, 5) is 30.6. The van der Waals surface area contributed by atoms with Crippen molar-refractivity contribution in [1.29, 1.82) is 0 Å². The highest BCUT2D eigenvalue weighted by Crippen LogP contribution is 2.26. The zero-order valence-corrected chi connectivity index (χ0v) is 17.5. The van der Waals surface area contributed by atoms with Crippen molar-refractivity contribution in [2.75, 3.05) is 25.0 Å². The van der Waals surface area contributed by atoms with Gasteiger partial charge in [-0.2, -0.15) is 0 Å². The lowest BCUT2D eigenvalue weighted by atomic mass is 9.97. The number of likely N-dealkylation sites (tertiary alicyclic amines) is 1. The normalized spacial score (nSPS) is 16.3. The molecule has 0 spiro atoms. The number of anilines is 1. The second-order valence-corrected chi connectivity index (χ2v) is 8.00. The molecule has 1 atom stereocenters. The second kappa shape index (κ2) is 8.74. The van der Waals surface area contributed by atoms with E-state index in [9.17, 15) is 9.18 Å². The van der Waals surface area contributed by atoms with Gasteiger partial charge in [-0.15, -0.1) is 0 Å². The minimum atomic E-state index is -0.500. The third kappa shape index (κ3) is 4.03. The summed E-state index contributed by atoms with van der Waals surface area (Å²) in [5.41, 5.74) is 2.20. The molecule has 0 bridgehead atoms. The van der Waals surface area contributed by atoms with Crippen molar-refractivity contribution >= 4 is 22.8 Å². The van der Waals surface area contributed by atoms with E-state index in [0.29, 0.717) is 24.5 Å². The Morgan fingerprint density at radius 1 is 1.19 bits per heavy atom.